The topological polar surface area (TPSA) is 0 Å². The van der Waals surface area contributed by atoms with Crippen molar-refractivity contribution in [3.63, 3.8) is 0 Å². The summed E-state index contributed by atoms with van der Waals surface area (Å²) in [5.41, 5.74) is 4.32. The van der Waals surface area contributed by atoms with E-state index in [0.717, 1.165) is 49.4 Å². The first-order valence-electron chi connectivity index (χ1n) is 11.2. The molecule has 0 N–H and O–H groups in total. The molecule has 0 aliphatic heterocycles. The molecule has 0 heterocycles. The molecule has 2 saturated carbocycles. The van der Waals surface area contributed by atoms with Gasteiger partial charge in [0.05, 0.1) is 0 Å². The first-order chi connectivity index (χ1) is 13.0. The van der Waals surface area contributed by atoms with Crippen molar-refractivity contribution in [2.45, 2.75) is 84.5 Å². The van der Waals surface area contributed by atoms with E-state index in [2.05, 4.69) is 55.2 Å². The van der Waals surface area contributed by atoms with Crippen molar-refractivity contribution >= 4 is 57.1 Å². The fourth-order valence-electron chi connectivity index (χ4n) is 5.69. The van der Waals surface area contributed by atoms with Gasteiger partial charge in [-0.2, -0.15) is 0 Å². The molecule has 0 amide bonds. The van der Waals surface area contributed by atoms with Crippen LogP contribution in [-0.4, -0.2) is 25.8 Å². The third-order valence-electron chi connectivity index (χ3n) is 7.44. The average Bonchev–Trinajstić information content (AvgIpc) is 2.68. The van der Waals surface area contributed by atoms with Crippen LogP contribution in [0.2, 0.25) is 0 Å². The summed E-state index contributed by atoms with van der Waals surface area (Å²) in [4.78, 5) is 0. The van der Waals surface area contributed by atoms with E-state index in [-0.39, 0.29) is 0 Å². The van der Waals surface area contributed by atoms with E-state index in [4.69, 9.17) is 0 Å². The first kappa shape index (κ1) is 22.3. The van der Waals surface area contributed by atoms with Crippen LogP contribution < -0.4 is 3.12 Å². The van der Waals surface area contributed by atoms with Gasteiger partial charge in [-0.1, -0.05) is 19.8 Å². The van der Waals surface area contributed by atoms with Crippen molar-refractivity contribution in [3.8, 4) is 0 Å². The Morgan fingerprint density at radius 2 is 1.56 bits per heavy atom. The Bertz CT molecular complexity index is 634. The van der Waals surface area contributed by atoms with Crippen LogP contribution in [0.3, 0.4) is 0 Å². The Hall–Kier alpha value is 0.612. The van der Waals surface area contributed by atoms with Crippen LogP contribution in [0, 0.1) is 34.2 Å². The van der Waals surface area contributed by atoms with E-state index in [1.54, 1.807) is 3.12 Å². The summed E-state index contributed by atoms with van der Waals surface area (Å²) in [6.07, 6.45) is 16.0. The predicted molar refractivity (Wildman–Crippen MR) is 129 cm³/mol. The minimum atomic E-state index is 0.883. The predicted octanol–water partition coefficient (Wildman–Crippen LogP) is 7.21. The van der Waals surface area contributed by atoms with Crippen LogP contribution >= 0.6 is 22.6 Å². The van der Waals surface area contributed by atoms with Crippen molar-refractivity contribution in [1.82, 2.24) is 0 Å². The second-order valence-corrected chi connectivity index (χ2v) is 12.6. The zero-order valence-electron chi connectivity index (χ0n) is 17.4. The molecule has 0 unspecified atom stereocenters. The normalized spacial score (nSPS) is 28.8. The molecular formula is C25H36ITl. The van der Waals surface area contributed by atoms with Crippen LogP contribution in [-0.2, 0) is 0 Å². The van der Waals surface area contributed by atoms with E-state index < -0.39 is 0 Å². The summed E-state index contributed by atoms with van der Waals surface area (Å²) in [6, 6.07) is 4.63. The Kier molecular flexibility index (Phi) is 8.74. The van der Waals surface area contributed by atoms with Gasteiger partial charge in [-0.05, 0) is 0 Å². The second-order valence-electron chi connectivity index (χ2n) is 9.32. The number of rotatable bonds is 6. The fraction of sp³-hybridized carbons (Fsp3) is 0.680. The summed E-state index contributed by atoms with van der Waals surface area (Å²) >= 11 is 3.43. The standard InChI is InChI=1S/C25H36I.Tl/c1-4-5-20-7-12-22(13-8-20)23-14-9-21(10-15-23)16-19(3)24-11-6-18(2)25(26)17-24;/h6,11,20-23H,3-5,7-10,12-16H2,1-2H3;. The number of aryl methyl sites for hydroxylation is 1. The number of halogens is 1. The maximum atomic E-state index is 4.51. The summed E-state index contributed by atoms with van der Waals surface area (Å²) in [7, 11) is 0. The van der Waals surface area contributed by atoms with Crippen molar-refractivity contribution in [1.29, 1.82) is 0 Å². The van der Waals surface area contributed by atoms with Crippen molar-refractivity contribution in [2.75, 3.05) is 0 Å². The average molecular weight is 668 g/mol. The van der Waals surface area contributed by atoms with Crippen LogP contribution in [0.5, 0.6) is 0 Å². The van der Waals surface area contributed by atoms with Gasteiger partial charge in [0.2, 0.25) is 0 Å². The molecule has 0 bridgehead atoms. The maximum absolute atomic E-state index is 4.51. The molecule has 0 spiro atoms. The molecule has 2 aliphatic carbocycles. The Morgan fingerprint density at radius 3 is 2.11 bits per heavy atom. The number of benzene rings is 1. The molecule has 2 heteroatoms. The Labute approximate surface area is 197 Å². The molecule has 3 rings (SSSR count). The van der Waals surface area contributed by atoms with Gasteiger partial charge in [-0.15, -0.1) is 0 Å². The zero-order valence-corrected chi connectivity index (χ0v) is 24.1. The van der Waals surface area contributed by atoms with Gasteiger partial charge >= 0.3 is 179 Å². The summed E-state index contributed by atoms with van der Waals surface area (Å²) in [6.45, 7) is 9.09. The number of hydrogen-bond acceptors (Lipinski definition) is 0. The molecule has 2 fully saturated rings. The molecule has 0 aromatic heterocycles. The third-order valence-corrected chi connectivity index (χ3v) is 13.5. The number of hydrogen-bond donors (Lipinski definition) is 0. The Morgan fingerprint density at radius 1 is 1.00 bits per heavy atom. The second kappa shape index (κ2) is 10.6. The molecule has 0 atom stereocenters. The van der Waals surface area contributed by atoms with E-state index >= 15 is 0 Å². The van der Waals surface area contributed by atoms with Crippen LogP contribution in [0.1, 0.15) is 88.7 Å². The quantitative estimate of drug-likeness (QED) is 0.222. The molecule has 27 heavy (non-hydrogen) atoms. The zero-order chi connectivity index (χ0) is 19.4. The summed E-state index contributed by atoms with van der Waals surface area (Å²) in [5.74, 6) is 4.02. The van der Waals surface area contributed by atoms with Crippen LogP contribution in [0.15, 0.2) is 18.7 Å². The molecule has 0 radical (unpaired) electrons. The van der Waals surface area contributed by atoms with Gasteiger partial charge in [-0.3, -0.25) is 0 Å². The van der Waals surface area contributed by atoms with Gasteiger partial charge in [0.1, 0.15) is 0 Å². The molecule has 1 aromatic rings. The monoisotopic (exact) mass is 668 g/mol. The van der Waals surface area contributed by atoms with Gasteiger partial charge < -0.3 is 0 Å². The summed E-state index contributed by atoms with van der Waals surface area (Å²) < 4.78 is 3.08. The van der Waals surface area contributed by atoms with E-state index in [1.807, 2.05) is 0 Å². The van der Waals surface area contributed by atoms with Gasteiger partial charge in [-0.25, -0.2) is 0 Å². The van der Waals surface area contributed by atoms with Gasteiger partial charge in [0.25, 0.3) is 0 Å². The minimum absolute atomic E-state index is 0.883. The first-order valence-corrected chi connectivity index (χ1v) is 14.5. The van der Waals surface area contributed by atoms with Crippen molar-refractivity contribution in [3.05, 3.63) is 33.4 Å². The molecule has 1 aromatic carbocycles. The van der Waals surface area contributed by atoms with Crippen molar-refractivity contribution in [2.24, 2.45) is 23.7 Å². The van der Waals surface area contributed by atoms with E-state index in [9.17, 15) is 0 Å². The Balaban J connectivity index is 1.47. The van der Waals surface area contributed by atoms with Gasteiger partial charge in [0, 0.05) is 0 Å². The third kappa shape index (κ3) is 5.82. The van der Waals surface area contributed by atoms with Crippen LogP contribution in [0.4, 0.5) is 0 Å². The van der Waals surface area contributed by atoms with E-state index in [1.165, 1.54) is 90.9 Å². The molecule has 2 aliphatic rings. The SMILES string of the molecule is C=C(CC1CCC(C2CCC(CCC)CC2)CC1)c1ccc(C)c(I)[c]1[Tl]. The van der Waals surface area contributed by atoms with Gasteiger partial charge in [0.15, 0.2) is 0 Å². The fourth-order valence-corrected chi connectivity index (χ4v) is 8.21. The number of allylic oxidation sites excluding steroid dienone is 1. The summed E-state index contributed by atoms with van der Waals surface area (Å²) in [5, 5.41) is 0. The van der Waals surface area contributed by atoms with E-state index in [0.29, 0.717) is 0 Å². The molecule has 0 nitrogen and oxygen atoms in total. The van der Waals surface area contributed by atoms with Crippen molar-refractivity contribution < 1.29 is 0 Å². The molecule has 0 saturated heterocycles. The molecular weight excluding hydrogens is 632 g/mol. The molecule has 146 valence electrons. The van der Waals surface area contributed by atoms with Crippen LogP contribution in [0.25, 0.3) is 5.57 Å².